The fraction of sp³-hybridized carbons (Fsp3) is 0.542. The predicted molar refractivity (Wildman–Crippen MR) is 138 cm³/mol. The number of carbonyl (C=O) groups is 1. The van der Waals surface area contributed by atoms with E-state index in [4.69, 9.17) is 4.52 Å². The summed E-state index contributed by atoms with van der Waals surface area (Å²) in [4.78, 5) is 18.6. The Bertz CT molecular complexity index is 851. The average molecular weight is 553 g/mol. The van der Waals surface area contributed by atoms with Crippen LogP contribution < -0.4 is 10.6 Å². The number of nitrogens with one attached hydrogen (secondary N) is 2. The van der Waals surface area contributed by atoms with Crippen molar-refractivity contribution in [2.45, 2.75) is 52.0 Å². The van der Waals surface area contributed by atoms with Crippen molar-refractivity contribution in [3.05, 3.63) is 53.4 Å². The van der Waals surface area contributed by atoms with Crippen molar-refractivity contribution in [2.75, 3.05) is 26.7 Å². The van der Waals surface area contributed by atoms with Crippen LogP contribution in [0.4, 0.5) is 0 Å². The number of likely N-dealkylation sites (tertiary alicyclic amines) is 1. The molecule has 1 aliphatic heterocycles. The van der Waals surface area contributed by atoms with Gasteiger partial charge in [0.25, 0.3) is 0 Å². The molecule has 1 fully saturated rings. The third kappa shape index (κ3) is 7.50. The van der Waals surface area contributed by atoms with Crippen molar-refractivity contribution in [1.82, 2.24) is 20.7 Å². The van der Waals surface area contributed by atoms with E-state index in [0.29, 0.717) is 31.4 Å². The first-order chi connectivity index (χ1) is 15.1. The molecule has 0 spiro atoms. The van der Waals surface area contributed by atoms with Gasteiger partial charge < -0.3 is 20.1 Å². The van der Waals surface area contributed by atoms with Crippen LogP contribution in [0.3, 0.4) is 0 Å². The standard InChI is InChI=1S/C24H35N5O2.HI/c1-4-20(5-2)22-14-21(31-28-22)16-27-24(25-3)26-15-19-13-23(30)29(17-19)12-11-18-9-7-6-8-10-18;/h6-10,14,19-20H,4-5,11-13,15-17H2,1-3H3,(H2,25,26,27);1H. The average Bonchev–Trinajstić information content (AvgIpc) is 3.40. The minimum absolute atomic E-state index is 0. The molecule has 176 valence electrons. The first-order valence-corrected chi connectivity index (χ1v) is 11.3. The van der Waals surface area contributed by atoms with Crippen molar-refractivity contribution >= 4 is 35.8 Å². The van der Waals surface area contributed by atoms with Crippen molar-refractivity contribution in [2.24, 2.45) is 10.9 Å². The number of nitrogens with zero attached hydrogens (tertiary/aromatic N) is 3. The fourth-order valence-electron chi connectivity index (χ4n) is 4.06. The van der Waals surface area contributed by atoms with Gasteiger partial charge in [0.1, 0.15) is 0 Å². The van der Waals surface area contributed by atoms with E-state index < -0.39 is 0 Å². The summed E-state index contributed by atoms with van der Waals surface area (Å²) in [6, 6.07) is 12.3. The van der Waals surface area contributed by atoms with Crippen LogP contribution in [0.5, 0.6) is 0 Å². The molecule has 1 unspecified atom stereocenters. The van der Waals surface area contributed by atoms with Crippen LogP contribution in [0.1, 0.15) is 56.0 Å². The smallest absolute Gasteiger partial charge is 0.223 e. The van der Waals surface area contributed by atoms with E-state index in [9.17, 15) is 4.79 Å². The number of carbonyl (C=O) groups excluding carboxylic acids is 1. The van der Waals surface area contributed by atoms with Gasteiger partial charge in [0.2, 0.25) is 5.91 Å². The van der Waals surface area contributed by atoms with Gasteiger partial charge in [-0.3, -0.25) is 9.79 Å². The van der Waals surface area contributed by atoms with Gasteiger partial charge in [-0.1, -0.05) is 49.3 Å². The molecular weight excluding hydrogens is 517 g/mol. The van der Waals surface area contributed by atoms with E-state index in [1.54, 1.807) is 7.05 Å². The lowest BCUT2D eigenvalue weighted by molar-refractivity contribution is -0.127. The van der Waals surface area contributed by atoms with Crippen LogP contribution in [-0.2, 0) is 17.8 Å². The molecule has 8 heteroatoms. The number of hydrogen-bond acceptors (Lipinski definition) is 4. The minimum atomic E-state index is 0. The normalized spacial score (nSPS) is 16.4. The van der Waals surface area contributed by atoms with Crippen LogP contribution in [-0.4, -0.2) is 48.6 Å². The van der Waals surface area contributed by atoms with Crippen LogP contribution in [0.15, 0.2) is 45.9 Å². The van der Waals surface area contributed by atoms with Crippen LogP contribution in [0.2, 0.25) is 0 Å². The van der Waals surface area contributed by atoms with Gasteiger partial charge >= 0.3 is 0 Å². The van der Waals surface area contributed by atoms with Crippen molar-refractivity contribution in [1.29, 1.82) is 0 Å². The molecule has 1 aromatic heterocycles. The monoisotopic (exact) mass is 553 g/mol. The molecule has 3 rings (SSSR count). The van der Waals surface area contributed by atoms with Crippen LogP contribution in [0.25, 0.3) is 0 Å². The van der Waals surface area contributed by atoms with E-state index in [2.05, 4.69) is 46.8 Å². The molecule has 0 aliphatic carbocycles. The lowest BCUT2D eigenvalue weighted by atomic mass is 9.99. The van der Waals surface area contributed by atoms with E-state index >= 15 is 0 Å². The molecule has 1 aromatic carbocycles. The Labute approximate surface area is 208 Å². The molecule has 0 radical (unpaired) electrons. The molecule has 0 bridgehead atoms. The number of amides is 1. The van der Waals surface area contributed by atoms with E-state index in [0.717, 1.165) is 43.8 Å². The Morgan fingerprint density at radius 1 is 1.25 bits per heavy atom. The molecular formula is C24H36IN5O2. The minimum Gasteiger partial charge on any atom is -0.359 e. The second kappa shape index (κ2) is 13.4. The third-order valence-electron chi connectivity index (χ3n) is 6.00. The summed E-state index contributed by atoms with van der Waals surface area (Å²) in [6.45, 7) is 7.14. The molecule has 2 N–H and O–H groups in total. The summed E-state index contributed by atoms with van der Waals surface area (Å²) in [5.41, 5.74) is 2.28. The predicted octanol–water partition coefficient (Wildman–Crippen LogP) is 3.95. The molecule has 2 heterocycles. The molecule has 1 aliphatic rings. The maximum atomic E-state index is 12.4. The lowest BCUT2D eigenvalue weighted by Gasteiger charge is -2.17. The van der Waals surface area contributed by atoms with Gasteiger partial charge in [0.05, 0.1) is 12.2 Å². The van der Waals surface area contributed by atoms with Crippen molar-refractivity contribution in [3.8, 4) is 0 Å². The zero-order chi connectivity index (χ0) is 22.1. The highest BCUT2D eigenvalue weighted by Crippen LogP contribution is 2.22. The van der Waals surface area contributed by atoms with Gasteiger partial charge in [-0.05, 0) is 24.8 Å². The second-order valence-corrected chi connectivity index (χ2v) is 8.18. The van der Waals surface area contributed by atoms with Crippen LogP contribution in [0, 0.1) is 5.92 Å². The number of halogens is 1. The maximum Gasteiger partial charge on any atom is 0.223 e. The Balaban J connectivity index is 0.00000363. The zero-order valence-electron chi connectivity index (χ0n) is 19.3. The van der Waals surface area contributed by atoms with Gasteiger partial charge in [0, 0.05) is 51.0 Å². The number of rotatable bonds is 10. The molecule has 2 aromatic rings. The second-order valence-electron chi connectivity index (χ2n) is 8.18. The molecule has 1 saturated heterocycles. The topological polar surface area (TPSA) is 82.8 Å². The lowest BCUT2D eigenvalue weighted by Crippen LogP contribution is -2.40. The number of guanidine groups is 1. The summed E-state index contributed by atoms with van der Waals surface area (Å²) in [6.07, 6.45) is 3.59. The first-order valence-electron chi connectivity index (χ1n) is 11.3. The first kappa shape index (κ1) is 26.2. The number of hydrogen-bond donors (Lipinski definition) is 2. The highest BCUT2D eigenvalue weighted by molar-refractivity contribution is 14.0. The van der Waals surface area contributed by atoms with E-state index in [-0.39, 0.29) is 35.8 Å². The Morgan fingerprint density at radius 2 is 2.00 bits per heavy atom. The summed E-state index contributed by atoms with van der Waals surface area (Å²) >= 11 is 0. The highest BCUT2D eigenvalue weighted by atomic mass is 127. The largest absolute Gasteiger partial charge is 0.359 e. The summed E-state index contributed by atoms with van der Waals surface area (Å²) < 4.78 is 5.47. The van der Waals surface area contributed by atoms with Gasteiger partial charge in [-0.2, -0.15) is 0 Å². The molecule has 1 atom stereocenters. The quantitative estimate of drug-likeness (QED) is 0.265. The van der Waals surface area contributed by atoms with Crippen LogP contribution >= 0.6 is 24.0 Å². The SMILES string of the molecule is CCC(CC)c1cc(CNC(=NC)NCC2CC(=O)N(CCc3ccccc3)C2)on1.I. The highest BCUT2D eigenvalue weighted by Gasteiger charge is 2.29. The van der Waals surface area contributed by atoms with Crippen molar-refractivity contribution in [3.63, 3.8) is 0 Å². The van der Waals surface area contributed by atoms with Gasteiger partial charge in [-0.15, -0.1) is 24.0 Å². The van der Waals surface area contributed by atoms with Gasteiger partial charge in [-0.25, -0.2) is 0 Å². The Morgan fingerprint density at radius 3 is 2.69 bits per heavy atom. The zero-order valence-corrected chi connectivity index (χ0v) is 21.7. The Hall–Kier alpha value is -2.10. The summed E-state index contributed by atoms with van der Waals surface area (Å²) in [7, 11) is 1.75. The molecule has 1 amide bonds. The number of aromatic nitrogens is 1. The number of aliphatic imine (C=N–C) groups is 1. The van der Waals surface area contributed by atoms with Crippen molar-refractivity contribution < 1.29 is 9.32 Å². The third-order valence-corrected chi connectivity index (χ3v) is 6.00. The molecule has 0 saturated carbocycles. The fourth-order valence-corrected chi connectivity index (χ4v) is 4.06. The van der Waals surface area contributed by atoms with E-state index in [1.165, 1.54) is 5.56 Å². The molecule has 32 heavy (non-hydrogen) atoms. The summed E-state index contributed by atoms with van der Waals surface area (Å²) in [5.74, 6) is 2.47. The maximum absolute atomic E-state index is 12.4. The van der Waals surface area contributed by atoms with E-state index in [1.807, 2.05) is 29.2 Å². The summed E-state index contributed by atoms with van der Waals surface area (Å²) in [5, 5.41) is 10.8. The van der Waals surface area contributed by atoms with Gasteiger partial charge in [0.15, 0.2) is 11.7 Å². The molecule has 7 nitrogen and oxygen atoms in total. The Kier molecular flexibility index (Phi) is 11.0. The number of benzene rings is 1.